The van der Waals surface area contributed by atoms with Crippen molar-refractivity contribution in [3.8, 4) is 5.75 Å². The zero-order chi connectivity index (χ0) is 14.8. The topological polar surface area (TPSA) is 51.2 Å². The van der Waals surface area contributed by atoms with Crippen LogP contribution in [0.4, 0.5) is 0 Å². The van der Waals surface area contributed by atoms with Crippen molar-refractivity contribution >= 4 is 33.4 Å². The fraction of sp³-hybridized carbons (Fsp3) is 0.200. The number of fused-ring (bicyclic) bond motifs is 1. The van der Waals surface area contributed by atoms with Gasteiger partial charge in [0.1, 0.15) is 11.4 Å². The second-order valence-corrected chi connectivity index (χ2v) is 6.05. The number of halogens is 2. The van der Waals surface area contributed by atoms with Crippen LogP contribution < -0.4 is 10.1 Å². The standard InChI is InChI=1S/C15H12BrClN2O2/c16-11-5-9-2-4-21-14(9)10(6-11)8-19-15(20)13-7-12(17)1-3-18-13/h1,3,5-7H,2,4,8H2,(H,19,20). The number of pyridine rings is 1. The van der Waals surface area contributed by atoms with Crippen LogP contribution in [-0.2, 0) is 13.0 Å². The molecular formula is C15H12BrClN2O2. The summed E-state index contributed by atoms with van der Waals surface area (Å²) in [5, 5.41) is 3.33. The number of aromatic nitrogens is 1. The van der Waals surface area contributed by atoms with Gasteiger partial charge >= 0.3 is 0 Å². The third-order valence-electron chi connectivity index (χ3n) is 3.22. The van der Waals surface area contributed by atoms with E-state index >= 15 is 0 Å². The maximum atomic E-state index is 12.1. The first-order chi connectivity index (χ1) is 10.1. The van der Waals surface area contributed by atoms with Crippen LogP contribution in [0.15, 0.2) is 34.9 Å². The van der Waals surface area contributed by atoms with Crippen molar-refractivity contribution in [3.63, 3.8) is 0 Å². The predicted molar refractivity (Wildman–Crippen MR) is 83.8 cm³/mol. The van der Waals surface area contributed by atoms with E-state index in [2.05, 4.69) is 26.2 Å². The third-order valence-corrected chi connectivity index (χ3v) is 3.91. The summed E-state index contributed by atoms with van der Waals surface area (Å²) in [4.78, 5) is 16.1. The summed E-state index contributed by atoms with van der Waals surface area (Å²) < 4.78 is 6.62. The molecule has 0 saturated heterocycles. The fourth-order valence-electron chi connectivity index (χ4n) is 2.27. The van der Waals surface area contributed by atoms with Gasteiger partial charge in [-0.15, -0.1) is 0 Å². The van der Waals surface area contributed by atoms with Crippen LogP contribution in [0.2, 0.25) is 5.02 Å². The highest BCUT2D eigenvalue weighted by atomic mass is 79.9. The van der Waals surface area contributed by atoms with Crippen LogP contribution in [0.1, 0.15) is 21.6 Å². The van der Waals surface area contributed by atoms with Crippen molar-refractivity contribution in [2.45, 2.75) is 13.0 Å². The molecule has 4 nitrogen and oxygen atoms in total. The van der Waals surface area contributed by atoms with Gasteiger partial charge in [-0.05, 0) is 29.8 Å². The Bertz CT molecular complexity index is 706. The lowest BCUT2D eigenvalue weighted by Gasteiger charge is -2.10. The van der Waals surface area contributed by atoms with Gasteiger partial charge < -0.3 is 10.1 Å². The van der Waals surface area contributed by atoms with E-state index < -0.39 is 0 Å². The summed E-state index contributed by atoms with van der Waals surface area (Å²) in [5.74, 6) is 0.613. The normalized spacial score (nSPS) is 12.7. The maximum absolute atomic E-state index is 12.1. The molecule has 108 valence electrons. The number of rotatable bonds is 3. The molecule has 3 rings (SSSR count). The molecule has 0 saturated carbocycles. The van der Waals surface area contributed by atoms with Crippen LogP contribution in [0, 0.1) is 0 Å². The average Bonchev–Trinajstić information content (AvgIpc) is 2.92. The van der Waals surface area contributed by atoms with Crippen LogP contribution in [-0.4, -0.2) is 17.5 Å². The summed E-state index contributed by atoms with van der Waals surface area (Å²) in [6.07, 6.45) is 2.41. The van der Waals surface area contributed by atoms with Crippen molar-refractivity contribution in [2.75, 3.05) is 6.61 Å². The number of hydrogen-bond acceptors (Lipinski definition) is 3. The Hall–Kier alpha value is -1.59. The van der Waals surface area contributed by atoms with Crippen LogP contribution in [0.25, 0.3) is 0 Å². The Morgan fingerprint density at radius 1 is 1.43 bits per heavy atom. The molecule has 6 heteroatoms. The Morgan fingerprint density at radius 2 is 2.29 bits per heavy atom. The van der Waals surface area contributed by atoms with E-state index in [-0.39, 0.29) is 5.91 Å². The summed E-state index contributed by atoms with van der Waals surface area (Å²) >= 11 is 9.34. The van der Waals surface area contributed by atoms with Crippen molar-refractivity contribution in [1.82, 2.24) is 10.3 Å². The van der Waals surface area contributed by atoms with Crippen molar-refractivity contribution in [2.24, 2.45) is 0 Å². The van der Waals surface area contributed by atoms with E-state index in [1.807, 2.05) is 12.1 Å². The molecule has 21 heavy (non-hydrogen) atoms. The van der Waals surface area contributed by atoms with E-state index in [1.54, 1.807) is 12.1 Å². The summed E-state index contributed by atoms with van der Waals surface area (Å²) in [7, 11) is 0. The second kappa shape index (κ2) is 6.03. The SMILES string of the molecule is O=C(NCc1cc(Br)cc2c1OCC2)c1cc(Cl)ccn1. The quantitative estimate of drug-likeness (QED) is 0.905. The molecule has 0 unspecified atom stereocenters. The van der Waals surface area contributed by atoms with Crippen LogP contribution in [0.3, 0.4) is 0 Å². The number of ether oxygens (including phenoxy) is 1. The fourth-order valence-corrected chi connectivity index (χ4v) is 2.98. The monoisotopic (exact) mass is 366 g/mol. The molecule has 1 aromatic heterocycles. The van der Waals surface area contributed by atoms with E-state index in [1.165, 1.54) is 6.20 Å². The second-order valence-electron chi connectivity index (χ2n) is 4.69. The first kappa shape index (κ1) is 14.4. The lowest BCUT2D eigenvalue weighted by Crippen LogP contribution is -2.24. The van der Waals surface area contributed by atoms with Gasteiger partial charge in [0.15, 0.2) is 0 Å². The average molecular weight is 368 g/mol. The van der Waals surface area contributed by atoms with Gasteiger partial charge in [-0.3, -0.25) is 9.78 Å². The van der Waals surface area contributed by atoms with Gasteiger partial charge in [-0.25, -0.2) is 0 Å². The van der Waals surface area contributed by atoms with Gasteiger partial charge in [-0.1, -0.05) is 27.5 Å². The van der Waals surface area contributed by atoms with Gasteiger partial charge in [0.2, 0.25) is 0 Å². The molecule has 0 spiro atoms. The molecule has 1 aliphatic rings. The number of nitrogens with zero attached hydrogens (tertiary/aromatic N) is 1. The van der Waals surface area contributed by atoms with E-state index in [0.29, 0.717) is 23.9 Å². The van der Waals surface area contributed by atoms with Gasteiger partial charge in [-0.2, -0.15) is 0 Å². The number of carbonyl (C=O) groups excluding carboxylic acids is 1. The first-order valence-corrected chi connectivity index (χ1v) is 7.64. The zero-order valence-corrected chi connectivity index (χ0v) is 13.4. The molecule has 1 N–H and O–H groups in total. The highest BCUT2D eigenvalue weighted by Gasteiger charge is 2.18. The molecule has 1 amide bonds. The minimum absolute atomic E-state index is 0.260. The van der Waals surface area contributed by atoms with E-state index in [9.17, 15) is 4.79 Å². The minimum atomic E-state index is -0.260. The van der Waals surface area contributed by atoms with Crippen molar-refractivity contribution in [3.05, 3.63) is 56.8 Å². The molecular weight excluding hydrogens is 356 g/mol. The summed E-state index contributed by atoms with van der Waals surface area (Å²) in [6.45, 7) is 1.07. The Morgan fingerprint density at radius 3 is 3.10 bits per heavy atom. The number of nitrogens with one attached hydrogen (secondary N) is 1. The molecule has 0 radical (unpaired) electrons. The summed E-state index contributed by atoms with van der Waals surface area (Å²) in [6, 6.07) is 7.17. The number of benzene rings is 1. The Kier molecular flexibility index (Phi) is 4.12. The molecule has 2 heterocycles. The van der Waals surface area contributed by atoms with Gasteiger partial charge in [0.05, 0.1) is 6.61 Å². The van der Waals surface area contributed by atoms with Crippen LogP contribution >= 0.6 is 27.5 Å². The highest BCUT2D eigenvalue weighted by Crippen LogP contribution is 2.32. The molecule has 0 aliphatic carbocycles. The highest BCUT2D eigenvalue weighted by molar-refractivity contribution is 9.10. The molecule has 1 aliphatic heterocycles. The van der Waals surface area contributed by atoms with Gasteiger partial charge in [0.25, 0.3) is 5.91 Å². The predicted octanol–water partition coefficient (Wildman–Crippen LogP) is 3.36. The van der Waals surface area contributed by atoms with Crippen molar-refractivity contribution < 1.29 is 9.53 Å². The molecule has 0 atom stereocenters. The van der Waals surface area contributed by atoms with E-state index in [4.69, 9.17) is 16.3 Å². The van der Waals surface area contributed by atoms with Gasteiger partial charge in [0, 0.05) is 34.2 Å². The Labute approximate surface area is 135 Å². The first-order valence-electron chi connectivity index (χ1n) is 6.47. The lowest BCUT2D eigenvalue weighted by molar-refractivity contribution is 0.0945. The number of hydrogen-bond donors (Lipinski definition) is 1. The maximum Gasteiger partial charge on any atom is 0.270 e. The third kappa shape index (κ3) is 3.19. The molecule has 0 bridgehead atoms. The smallest absolute Gasteiger partial charge is 0.270 e. The van der Waals surface area contributed by atoms with Crippen molar-refractivity contribution in [1.29, 1.82) is 0 Å². The molecule has 1 aromatic carbocycles. The molecule has 0 fully saturated rings. The lowest BCUT2D eigenvalue weighted by atomic mass is 10.1. The Balaban J connectivity index is 1.75. The number of carbonyl (C=O) groups is 1. The largest absolute Gasteiger partial charge is 0.493 e. The molecule has 2 aromatic rings. The summed E-state index contributed by atoms with van der Waals surface area (Å²) in [5.41, 5.74) is 2.41. The van der Waals surface area contributed by atoms with Crippen LogP contribution in [0.5, 0.6) is 5.75 Å². The zero-order valence-electron chi connectivity index (χ0n) is 11.0. The number of amides is 1. The van der Waals surface area contributed by atoms with E-state index in [0.717, 1.165) is 27.8 Å². The minimum Gasteiger partial charge on any atom is -0.493 e.